The van der Waals surface area contributed by atoms with Crippen LogP contribution in [-0.2, 0) is 32.3 Å². The third-order valence-electron chi connectivity index (χ3n) is 5.56. The van der Waals surface area contributed by atoms with Crippen molar-refractivity contribution in [3.8, 4) is 0 Å². The number of carbonyl (C=O) groups excluding carboxylic acids is 2. The third-order valence-corrected chi connectivity index (χ3v) is 5.56. The van der Waals surface area contributed by atoms with Crippen LogP contribution in [0.5, 0.6) is 0 Å². The van der Waals surface area contributed by atoms with Gasteiger partial charge in [-0.15, -0.1) is 0 Å². The molecule has 0 spiro atoms. The summed E-state index contributed by atoms with van der Waals surface area (Å²) < 4.78 is 39.3. The van der Waals surface area contributed by atoms with Crippen LogP contribution in [0.1, 0.15) is 49.8 Å². The van der Waals surface area contributed by atoms with Crippen molar-refractivity contribution in [2.24, 2.45) is 5.73 Å². The Labute approximate surface area is 213 Å². The molecular weight excluding hydrogens is 486 g/mol. The molecule has 1 amide bonds. The second kappa shape index (κ2) is 12.2. The first-order valence-corrected chi connectivity index (χ1v) is 11.8. The fourth-order valence-corrected chi connectivity index (χ4v) is 3.49. The molecule has 1 atom stereocenters. The molecule has 3 aromatic rings. The molecule has 0 fully saturated rings. The summed E-state index contributed by atoms with van der Waals surface area (Å²) in [6.07, 6.45) is 0.245. The monoisotopic (exact) mass is 518 g/mol. The molecule has 4 N–H and O–H groups in total. The normalized spacial score (nSPS) is 12.9. The highest BCUT2D eigenvalue weighted by atomic mass is 19.3. The van der Waals surface area contributed by atoms with Crippen LogP contribution in [0.2, 0.25) is 0 Å². The number of fused-ring (bicyclic) bond motifs is 1. The van der Waals surface area contributed by atoms with Crippen LogP contribution in [0.25, 0.3) is 5.52 Å². The van der Waals surface area contributed by atoms with E-state index in [1.807, 2.05) is 30.3 Å². The number of amides is 1. The topological polar surface area (TPSA) is 128 Å². The van der Waals surface area contributed by atoms with Crippen LogP contribution in [0.4, 0.5) is 8.78 Å². The number of hydrogen-bond acceptors (Lipinski definition) is 7. The summed E-state index contributed by atoms with van der Waals surface area (Å²) in [6, 6.07) is 14.1. The minimum absolute atomic E-state index is 0.0835. The van der Waals surface area contributed by atoms with Gasteiger partial charge in [0.25, 0.3) is 5.92 Å². The highest BCUT2D eigenvalue weighted by Gasteiger charge is 2.30. The number of aromatic nitrogens is 2. The van der Waals surface area contributed by atoms with Gasteiger partial charge in [0.1, 0.15) is 25.1 Å². The van der Waals surface area contributed by atoms with E-state index in [1.54, 1.807) is 42.6 Å². The van der Waals surface area contributed by atoms with Gasteiger partial charge in [0.2, 0.25) is 5.91 Å². The van der Waals surface area contributed by atoms with E-state index in [2.05, 4.69) is 10.3 Å². The molecule has 0 unspecified atom stereocenters. The highest BCUT2D eigenvalue weighted by Crippen LogP contribution is 2.22. The standard InChI is InChI=1S/C26H32F2N4O5/c1-25(2,29)24(35)31-21(16-36-14-18-7-4-3-5-8-18)23-30-13-19-9-6-10-20(32(19)23)15-37-22(34)11-12-26(27,28)17-33/h3-10,13,21,33H,11-12,14-17,29H2,1-2H3,(H,31,35)/t21-/m1/s1. The number of aliphatic hydroxyl groups is 1. The summed E-state index contributed by atoms with van der Waals surface area (Å²) in [6.45, 7) is 2.01. The highest BCUT2D eigenvalue weighted by molar-refractivity contribution is 5.85. The van der Waals surface area contributed by atoms with Crippen molar-refractivity contribution in [2.45, 2.75) is 57.4 Å². The number of aliphatic hydroxyl groups excluding tert-OH is 1. The van der Waals surface area contributed by atoms with Crippen LogP contribution in [-0.4, -0.2) is 51.0 Å². The number of benzene rings is 1. The molecule has 200 valence electrons. The van der Waals surface area contributed by atoms with Crippen LogP contribution in [0.3, 0.4) is 0 Å². The van der Waals surface area contributed by atoms with Gasteiger partial charge in [0.15, 0.2) is 0 Å². The van der Waals surface area contributed by atoms with Gasteiger partial charge in [-0.1, -0.05) is 36.4 Å². The van der Waals surface area contributed by atoms with Crippen LogP contribution in [0.15, 0.2) is 54.7 Å². The maximum atomic E-state index is 13.3. The zero-order chi connectivity index (χ0) is 27.1. The molecule has 9 nitrogen and oxygen atoms in total. The van der Waals surface area contributed by atoms with Crippen LogP contribution >= 0.6 is 0 Å². The lowest BCUT2D eigenvalue weighted by Gasteiger charge is -2.24. The average molecular weight is 519 g/mol. The molecule has 0 aliphatic rings. The Morgan fingerprint density at radius 1 is 1.14 bits per heavy atom. The molecule has 2 aromatic heterocycles. The average Bonchev–Trinajstić information content (AvgIpc) is 3.30. The van der Waals surface area contributed by atoms with Crippen LogP contribution in [0, 0.1) is 0 Å². The van der Waals surface area contributed by atoms with E-state index in [-0.39, 0.29) is 13.2 Å². The zero-order valence-corrected chi connectivity index (χ0v) is 20.8. The minimum atomic E-state index is -3.35. The predicted octanol–water partition coefficient (Wildman–Crippen LogP) is 2.90. The largest absolute Gasteiger partial charge is 0.459 e. The molecule has 11 heteroatoms. The Bertz CT molecular complexity index is 1190. The first kappa shape index (κ1) is 28.2. The lowest BCUT2D eigenvalue weighted by atomic mass is 10.1. The number of carbonyl (C=O) groups is 2. The Hall–Kier alpha value is -3.41. The number of hydrogen-bond donors (Lipinski definition) is 3. The zero-order valence-electron chi connectivity index (χ0n) is 20.8. The summed E-state index contributed by atoms with van der Waals surface area (Å²) in [7, 11) is 0. The van der Waals surface area contributed by atoms with Gasteiger partial charge < -0.3 is 25.6 Å². The summed E-state index contributed by atoms with van der Waals surface area (Å²) in [5, 5.41) is 11.6. The number of alkyl halides is 2. The van der Waals surface area contributed by atoms with E-state index < -0.39 is 48.8 Å². The fourth-order valence-electron chi connectivity index (χ4n) is 3.49. The van der Waals surface area contributed by atoms with Gasteiger partial charge in [-0.3, -0.25) is 14.0 Å². The van der Waals surface area contributed by atoms with Crippen molar-refractivity contribution in [3.05, 3.63) is 71.8 Å². The molecule has 0 bridgehead atoms. The van der Waals surface area contributed by atoms with Crippen molar-refractivity contribution in [1.29, 1.82) is 0 Å². The first-order valence-electron chi connectivity index (χ1n) is 11.8. The lowest BCUT2D eigenvalue weighted by Crippen LogP contribution is -2.51. The van der Waals surface area contributed by atoms with Crippen molar-refractivity contribution < 1.29 is 33.0 Å². The van der Waals surface area contributed by atoms with Gasteiger partial charge in [-0.05, 0) is 31.5 Å². The Kier molecular flexibility index (Phi) is 9.30. The molecule has 0 aliphatic heterocycles. The van der Waals surface area contributed by atoms with E-state index >= 15 is 0 Å². The second-order valence-corrected chi connectivity index (χ2v) is 9.32. The number of esters is 1. The van der Waals surface area contributed by atoms with Crippen molar-refractivity contribution >= 4 is 17.4 Å². The van der Waals surface area contributed by atoms with E-state index in [0.29, 0.717) is 23.6 Å². The van der Waals surface area contributed by atoms with E-state index in [9.17, 15) is 18.4 Å². The van der Waals surface area contributed by atoms with E-state index in [1.165, 1.54) is 0 Å². The molecule has 0 aliphatic carbocycles. The fraction of sp³-hybridized carbons (Fsp3) is 0.423. The molecular formula is C26H32F2N4O5. The molecule has 3 rings (SSSR count). The number of halogens is 2. The third kappa shape index (κ3) is 8.04. The summed E-state index contributed by atoms with van der Waals surface area (Å²) in [4.78, 5) is 29.3. The molecule has 0 saturated carbocycles. The van der Waals surface area contributed by atoms with Crippen molar-refractivity contribution in [3.63, 3.8) is 0 Å². The molecule has 37 heavy (non-hydrogen) atoms. The number of rotatable bonds is 13. The van der Waals surface area contributed by atoms with Gasteiger partial charge >= 0.3 is 5.97 Å². The molecule has 1 aromatic carbocycles. The number of imidazole rings is 1. The number of pyridine rings is 1. The Morgan fingerprint density at radius 2 is 1.86 bits per heavy atom. The summed E-state index contributed by atoms with van der Waals surface area (Å²) >= 11 is 0. The molecule has 0 radical (unpaired) electrons. The smallest absolute Gasteiger partial charge is 0.306 e. The number of ether oxygens (including phenoxy) is 2. The Morgan fingerprint density at radius 3 is 2.54 bits per heavy atom. The number of nitrogens with zero attached hydrogens (tertiary/aromatic N) is 2. The first-order chi connectivity index (χ1) is 17.5. The SMILES string of the molecule is CC(C)(N)C(=O)N[C@H](COCc1ccccc1)c1ncc2cccc(COC(=O)CCC(F)(F)CO)n12. The van der Waals surface area contributed by atoms with Crippen molar-refractivity contribution in [1.82, 2.24) is 14.7 Å². The van der Waals surface area contributed by atoms with Gasteiger partial charge in [-0.25, -0.2) is 13.8 Å². The van der Waals surface area contributed by atoms with Gasteiger partial charge in [-0.2, -0.15) is 0 Å². The second-order valence-electron chi connectivity index (χ2n) is 9.32. The summed E-state index contributed by atoms with van der Waals surface area (Å²) in [5.74, 6) is -4.16. The van der Waals surface area contributed by atoms with Gasteiger partial charge in [0, 0.05) is 6.42 Å². The molecule has 0 saturated heterocycles. The van der Waals surface area contributed by atoms with E-state index in [0.717, 1.165) is 5.56 Å². The minimum Gasteiger partial charge on any atom is -0.459 e. The van der Waals surface area contributed by atoms with E-state index in [4.69, 9.17) is 20.3 Å². The van der Waals surface area contributed by atoms with Gasteiger partial charge in [0.05, 0.1) is 42.6 Å². The number of nitrogens with two attached hydrogens (primary N) is 1. The quantitative estimate of drug-likeness (QED) is 0.297. The Balaban J connectivity index is 1.80. The predicted molar refractivity (Wildman–Crippen MR) is 132 cm³/mol. The molecule has 2 heterocycles. The van der Waals surface area contributed by atoms with Crippen LogP contribution < -0.4 is 11.1 Å². The lowest BCUT2D eigenvalue weighted by molar-refractivity contribution is -0.148. The number of nitrogens with one attached hydrogen (secondary N) is 1. The maximum Gasteiger partial charge on any atom is 0.306 e. The maximum absolute atomic E-state index is 13.3. The summed E-state index contributed by atoms with van der Waals surface area (Å²) in [5.41, 5.74) is 6.98. The van der Waals surface area contributed by atoms with Crippen molar-refractivity contribution in [2.75, 3.05) is 13.2 Å².